The second kappa shape index (κ2) is 7.88. The van der Waals surface area contributed by atoms with Crippen molar-refractivity contribution in [3.05, 3.63) is 46.3 Å². The SMILES string of the molecule is CC1CS/C(=C/C(=C(/C#N)C=O)c2ccc(C(C)(C)C)nc2)N(C)C1. The summed E-state index contributed by atoms with van der Waals surface area (Å²) in [5, 5.41) is 10.4. The molecule has 1 saturated heterocycles. The second-order valence-corrected chi connectivity index (χ2v) is 8.56. The van der Waals surface area contributed by atoms with E-state index in [4.69, 9.17) is 0 Å². The van der Waals surface area contributed by atoms with Crippen LogP contribution in [0.1, 0.15) is 39.0 Å². The van der Waals surface area contributed by atoms with Gasteiger partial charge in [-0.3, -0.25) is 9.78 Å². The molecule has 1 aliphatic heterocycles. The zero-order valence-corrected chi connectivity index (χ0v) is 16.4. The van der Waals surface area contributed by atoms with Crippen molar-refractivity contribution in [2.75, 3.05) is 19.3 Å². The number of nitriles is 1. The largest absolute Gasteiger partial charge is 0.369 e. The van der Waals surface area contributed by atoms with Crippen LogP contribution >= 0.6 is 11.8 Å². The van der Waals surface area contributed by atoms with Gasteiger partial charge in [-0.25, -0.2) is 0 Å². The van der Waals surface area contributed by atoms with E-state index >= 15 is 0 Å². The van der Waals surface area contributed by atoms with E-state index in [0.717, 1.165) is 28.6 Å². The third-order valence-electron chi connectivity index (χ3n) is 4.12. The molecule has 0 amide bonds. The Morgan fingerprint density at radius 2 is 2.16 bits per heavy atom. The van der Waals surface area contributed by atoms with E-state index in [2.05, 4.69) is 37.6 Å². The molecule has 0 N–H and O–H groups in total. The predicted molar refractivity (Wildman–Crippen MR) is 104 cm³/mol. The van der Waals surface area contributed by atoms with Gasteiger partial charge in [0, 0.05) is 47.8 Å². The van der Waals surface area contributed by atoms with Gasteiger partial charge in [0.2, 0.25) is 0 Å². The number of rotatable bonds is 3. The third kappa shape index (κ3) is 4.73. The Morgan fingerprint density at radius 3 is 2.64 bits per heavy atom. The summed E-state index contributed by atoms with van der Waals surface area (Å²) in [4.78, 5) is 18.1. The Labute approximate surface area is 154 Å². The van der Waals surface area contributed by atoms with Crippen LogP contribution in [0.25, 0.3) is 5.57 Å². The Bertz CT molecular complexity index is 736. The number of hydrogen-bond acceptors (Lipinski definition) is 5. The first-order valence-corrected chi connectivity index (χ1v) is 9.37. The van der Waals surface area contributed by atoms with Gasteiger partial charge in [-0.2, -0.15) is 5.26 Å². The van der Waals surface area contributed by atoms with Crippen LogP contribution < -0.4 is 0 Å². The predicted octanol–water partition coefficient (Wildman–Crippen LogP) is 4.01. The fourth-order valence-electron chi connectivity index (χ4n) is 2.69. The van der Waals surface area contributed by atoms with E-state index in [-0.39, 0.29) is 11.0 Å². The van der Waals surface area contributed by atoms with Crippen molar-refractivity contribution in [2.45, 2.75) is 33.1 Å². The first-order chi connectivity index (χ1) is 11.8. The molecular weight excluding hydrogens is 330 g/mol. The van der Waals surface area contributed by atoms with Crippen molar-refractivity contribution >= 4 is 23.6 Å². The van der Waals surface area contributed by atoms with Gasteiger partial charge in [0.25, 0.3) is 0 Å². The van der Waals surface area contributed by atoms with Crippen LogP contribution in [0.15, 0.2) is 35.0 Å². The number of carbonyl (C=O) groups excluding carboxylic acids is 1. The van der Waals surface area contributed by atoms with Gasteiger partial charge >= 0.3 is 0 Å². The average Bonchev–Trinajstić information content (AvgIpc) is 2.56. The number of carbonyl (C=O) groups is 1. The summed E-state index contributed by atoms with van der Waals surface area (Å²) in [6.45, 7) is 9.51. The standard InChI is InChI=1S/C20H25N3OS/c1-14-11-23(5)19(25-13-14)8-17(16(9-21)12-24)15-6-7-18(22-10-15)20(2,3)4/h6-8,10,12,14H,11,13H2,1-5H3/b17-16+,19-8+. The summed E-state index contributed by atoms with van der Waals surface area (Å²) >= 11 is 1.76. The molecule has 2 heterocycles. The summed E-state index contributed by atoms with van der Waals surface area (Å²) in [6.07, 6.45) is 4.32. The number of aromatic nitrogens is 1. The maximum atomic E-state index is 11.4. The summed E-state index contributed by atoms with van der Waals surface area (Å²) in [5.74, 6) is 1.65. The zero-order valence-electron chi connectivity index (χ0n) is 15.5. The monoisotopic (exact) mass is 355 g/mol. The molecule has 25 heavy (non-hydrogen) atoms. The highest BCUT2D eigenvalue weighted by molar-refractivity contribution is 8.03. The highest BCUT2D eigenvalue weighted by atomic mass is 32.2. The Balaban J connectivity index is 2.47. The fraction of sp³-hybridized carbons (Fsp3) is 0.450. The smallest absolute Gasteiger partial charge is 0.161 e. The van der Waals surface area contributed by atoms with Gasteiger partial charge in [-0.1, -0.05) is 33.8 Å². The number of aldehydes is 1. The zero-order chi connectivity index (χ0) is 18.6. The molecule has 0 saturated carbocycles. The fourth-order valence-corrected chi connectivity index (χ4v) is 3.74. The molecular formula is C20H25N3OS. The van der Waals surface area contributed by atoms with E-state index in [9.17, 15) is 10.1 Å². The van der Waals surface area contributed by atoms with Crippen molar-refractivity contribution in [2.24, 2.45) is 5.92 Å². The van der Waals surface area contributed by atoms with Gasteiger partial charge in [0.1, 0.15) is 6.07 Å². The van der Waals surface area contributed by atoms with Crippen LogP contribution in [0.3, 0.4) is 0 Å². The van der Waals surface area contributed by atoms with Gasteiger partial charge < -0.3 is 4.90 Å². The van der Waals surface area contributed by atoms with Crippen molar-refractivity contribution in [3.8, 4) is 6.07 Å². The van der Waals surface area contributed by atoms with Crippen LogP contribution in [0.5, 0.6) is 0 Å². The van der Waals surface area contributed by atoms with Gasteiger partial charge in [-0.05, 0) is 18.1 Å². The number of hydrogen-bond donors (Lipinski definition) is 0. The van der Waals surface area contributed by atoms with Crippen molar-refractivity contribution in [1.29, 1.82) is 5.26 Å². The number of nitrogens with zero attached hydrogens (tertiary/aromatic N) is 3. The van der Waals surface area contributed by atoms with Crippen molar-refractivity contribution < 1.29 is 4.79 Å². The highest BCUT2D eigenvalue weighted by Gasteiger charge is 2.20. The van der Waals surface area contributed by atoms with E-state index in [1.54, 1.807) is 18.0 Å². The molecule has 5 heteroatoms. The van der Waals surface area contributed by atoms with Gasteiger partial charge in [0.15, 0.2) is 6.29 Å². The molecule has 132 valence electrons. The first-order valence-electron chi connectivity index (χ1n) is 8.38. The van der Waals surface area contributed by atoms with Crippen LogP contribution in [0.4, 0.5) is 0 Å². The summed E-state index contributed by atoms with van der Waals surface area (Å²) in [5.41, 5.74) is 2.49. The molecule has 1 aromatic rings. The second-order valence-electron chi connectivity index (χ2n) is 7.52. The minimum atomic E-state index is -0.0425. The van der Waals surface area contributed by atoms with E-state index in [0.29, 0.717) is 17.8 Å². The molecule has 4 nitrogen and oxygen atoms in total. The molecule has 0 aromatic carbocycles. The molecule has 0 spiro atoms. The first kappa shape index (κ1) is 19.3. The van der Waals surface area contributed by atoms with Crippen LogP contribution in [0, 0.1) is 17.2 Å². The van der Waals surface area contributed by atoms with Gasteiger partial charge in [-0.15, -0.1) is 11.8 Å². The molecule has 1 atom stereocenters. The molecule has 1 aliphatic rings. The molecule has 1 unspecified atom stereocenters. The lowest BCUT2D eigenvalue weighted by molar-refractivity contribution is -0.104. The van der Waals surface area contributed by atoms with Crippen LogP contribution in [0.2, 0.25) is 0 Å². The normalized spacial score (nSPS) is 20.9. The molecule has 0 aliphatic carbocycles. The molecule has 1 fully saturated rings. The van der Waals surface area contributed by atoms with E-state index < -0.39 is 0 Å². The van der Waals surface area contributed by atoms with Crippen LogP contribution in [-0.2, 0) is 10.2 Å². The maximum Gasteiger partial charge on any atom is 0.161 e. The minimum Gasteiger partial charge on any atom is -0.369 e. The van der Waals surface area contributed by atoms with Crippen LogP contribution in [-0.4, -0.2) is 35.5 Å². The number of allylic oxidation sites excluding steroid dienone is 3. The molecule has 0 radical (unpaired) electrons. The maximum absolute atomic E-state index is 11.4. The lowest BCUT2D eigenvalue weighted by atomic mass is 9.91. The average molecular weight is 356 g/mol. The highest BCUT2D eigenvalue weighted by Crippen LogP contribution is 2.32. The van der Waals surface area contributed by atoms with Crippen molar-refractivity contribution in [1.82, 2.24) is 9.88 Å². The Kier molecular flexibility index (Phi) is 6.07. The third-order valence-corrected chi connectivity index (χ3v) is 5.58. The summed E-state index contributed by atoms with van der Waals surface area (Å²) < 4.78 is 0. The Morgan fingerprint density at radius 1 is 1.44 bits per heavy atom. The number of pyridine rings is 1. The Hall–Kier alpha value is -2.06. The van der Waals surface area contributed by atoms with Crippen molar-refractivity contribution in [3.63, 3.8) is 0 Å². The number of thioether (sulfide) groups is 1. The summed E-state index contributed by atoms with van der Waals surface area (Å²) in [7, 11) is 2.04. The van der Waals surface area contributed by atoms with E-state index in [1.807, 2.05) is 31.3 Å². The van der Waals surface area contributed by atoms with Gasteiger partial charge in [0.05, 0.1) is 10.6 Å². The summed E-state index contributed by atoms with van der Waals surface area (Å²) in [6, 6.07) is 5.93. The molecule has 0 bridgehead atoms. The van der Waals surface area contributed by atoms with E-state index in [1.165, 1.54) is 0 Å². The molecule has 2 rings (SSSR count). The quantitative estimate of drug-likeness (QED) is 0.466. The topological polar surface area (TPSA) is 57.0 Å². The lowest BCUT2D eigenvalue weighted by Crippen LogP contribution is -2.28. The minimum absolute atomic E-state index is 0.0425. The lowest BCUT2D eigenvalue weighted by Gasteiger charge is -2.31. The molecule has 1 aromatic heterocycles.